The highest BCUT2D eigenvalue weighted by Gasteiger charge is 2.42. The molecule has 0 aliphatic carbocycles. The molecule has 4 rings (SSSR count). The highest BCUT2D eigenvalue weighted by Crippen LogP contribution is 2.43. The number of esters is 2. The molecule has 2 unspecified atom stereocenters. The van der Waals surface area contributed by atoms with Gasteiger partial charge in [-0.25, -0.2) is 4.98 Å². The fourth-order valence-electron chi connectivity index (χ4n) is 3.82. The molecule has 2 atom stereocenters. The van der Waals surface area contributed by atoms with Gasteiger partial charge in [0.25, 0.3) is 0 Å². The first-order valence-corrected chi connectivity index (χ1v) is 10.1. The minimum Gasteiger partial charge on any atom is -0.466 e. The van der Waals surface area contributed by atoms with Crippen LogP contribution in [0.15, 0.2) is 47.2 Å². The van der Waals surface area contributed by atoms with E-state index in [4.69, 9.17) is 24.0 Å². The summed E-state index contributed by atoms with van der Waals surface area (Å²) in [5, 5.41) is 8.26. The molecule has 160 valence electrons. The van der Waals surface area contributed by atoms with Crippen molar-refractivity contribution < 1.29 is 28.2 Å². The van der Waals surface area contributed by atoms with Crippen LogP contribution in [0.25, 0.3) is 22.2 Å². The van der Waals surface area contributed by atoms with Gasteiger partial charge in [-0.2, -0.15) is 0 Å². The van der Waals surface area contributed by atoms with Crippen LogP contribution in [0.2, 0.25) is 0 Å². The molecule has 2 heterocycles. The van der Waals surface area contributed by atoms with Crippen molar-refractivity contribution in [2.24, 2.45) is 5.92 Å². The molecule has 1 aromatic heterocycles. The van der Waals surface area contributed by atoms with Gasteiger partial charge in [0, 0.05) is 11.5 Å². The van der Waals surface area contributed by atoms with Gasteiger partial charge in [0.15, 0.2) is 12.0 Å². The summed E-state index contributed by atoms with van der Waals surface area (Å²) < 4.78 is 21.2. The number of hydrogen-bond donors (Lipinski definition) is 1. The molecular weight excluding hydrogens is 400 g/mol. The van der Waals surface area contributed by atoms with E-state index in [9.17, 15) is 9.59 Å². The lowest BCUT2D eigenvalue weighted by molar-refractivity contribution is -0.148. The second-order valence-electron chi connectivity index (χ2n) is 7.10. The molecule has 2 aromatic carbocycles. The van der Waals surface area contributed by atoms with Crippen molar-refractivity contribution in [1.82, 2.24) is 4.98 Å². The van der Waals surface area contributed by atoms with Gasteiger partial charge in [0.1, 0.15) is 17.2 Å². The third-order valence-electron chi connectivity index (χ3n) is 5.21. The number of carbonyl (C=O) groups excluding carboxylic acids is 2. The number of nitrogens with one attached hydrogen (secondary N) is 1. The summed E-state index contributed by atoms with van der Waals surface area (Å²) in [7, 11) is 0. The minimum atomic E-state index is -1.02. The fourth-order valence-corrected chi connectivity index (χ4v) is 3.82. The Morgan fingerprint density at radius 3 is 2.58 bits per heavy atom. The molecule has 3 aromatic rings. The predicted octanol–water partition coefficient (Wildman–Crippen LogP) is 4.08. The summed E-state index contributed by atoms with van der Waals surface area (Å²) in [6.07, 6.45) is 1.32. The van der Waals surface area contributed by atoms with Gasteiger partial charge in [0.2, 0.25) is 5.90 Å². The number of ether oxygens (including phenoxy) is 3. The van der Waals surface area contributed by atoms with Crippen LogP contribution in [-0.4, -0.2) is 36.0 Å². The van der Waals surface area contributed by atoms with Crippen molar-refractivity contribution in [1.29, 1.82) is 5.41 Å². The van der Waals surface area contributed by atoms with Crippen molar-refractivity contribution in [3.63, 3.8) is 0 Å². The highest BCUT2D eigenvalue weighted by atomic mass is 16.5. The van der Waals surface area contributed by atoms with E-state index in [0.717, 1.165) is 16.6 Å². The van der Waals surface area contributed by atoms with E-state index in [-0.39, 0.29) is 25.5 Å². The minimum absolute atomic E-state index is 0.0676. The Hall–Kier alpha value is -3.68. The summed E-state index contributed by atoms with van der Waals surface area (Å²) in [5.41, 5.74) is 3.81. The van der Waals surface area contributed by atoms with E-state index in [0.29, 0.717) is 16.9 Å². The van der Waals surface area contributed by atoms with E-state index in [2.05, 4.69) is 4.98 Å². The number of aromatic nitrogens is 1. The van der Waals surface area contributed by atoms with E-state index >= 15 is 0 Å². The third-order valence-corrected chi connectivity index (χ3v) is 5.21. The Bertz CT molecular complexity index is 1150. The first-order chi connectivity index (χ1) is 15.0. The average molecular weight is 422 g/mol. The van der Waals surface area contributed by atoms with Crippen LogP contribution in [0.3, 0.4) is 0 Å². The molecule has 0 spiro atoms. The maximum Gasteiger partial charge on any atom is 0.319 e. The number of hydrogen-bond acceptors (Lipinski definition) is 8. The van der Waals surface area contributed by atoms with E-state index in [1.54, 1.807) is 19.9 Å². The maximum atomic E-state index is 12.6. The van der Waals surface area contributed by atoms with Crippen LogP contribution in [0, 0.1) is 11.3 Å². The fraction of sp³-hybridized carbons (Fsp3) is 0.304. The lowest BCUT2D eigenvalue weighted by Gasteiger charge is -2.32. The number of benzene rings is 2. The maximum absolute atomic E-state index is 12.6. The average Bonchev–Trinajstić information content (AvgIpc) is 3.21. The Kier molecular flexibility index (Phi) is 5.70. The van der Waals surface area contributed by atoms with Crippen molar-refractivity contribution in [2.45, 2.75) is 26.2 Å². The smallest absolute Gasteiger partial charge is 0.319 e. The third kappa shape index (κ3) is 4.01. The molecule has 0 saturated heterocycles. The van der Waals surface area contributed by atoms with Gasteiger partial charge < -0.3 is 18.6 Å². The molecule has 1 aliphatic heterocycles. The van der Waals surface area contributed by atoms with Gasteiger partial charge >= 0.3 is 11.9 Å². The summed E-state index contributed by atoms with van der Waals surface area (Å²) in [6, 6.07) is 11.1. The van der Waals surface area contributed by atoms with Crippen LogP contribution in [0.1, 0.15) is 31.7 Å². The van der Waals surface area contributed by atoms with Crippen molar-refractivity contribution in [3.8, 4) is 16.9 Å². The summed E-state index contributed by atoms with van der Waals surface area (Å²) >= 11 is 0. The Labute approximate surface area is 178 Å². The van der Waals surface area contributed by atoms with Gasteiger partial charge in [-0.1, -0.05) is 12.1 Å². The second kappa shape index (κ2) is 8.59. The van der Waals surface area contributed by atoms with Gasteiger partial charge in [0.05, 0.1) is 19.6 Å². The molecule has 0 radical (unpaired) electrons. The molecule has 1 N–H and O–H groups in total. The number of rotatable bonds is 6. The molecule has 0 amide bonds. The van der Waals surface area contributed by atoms with E-state index in [1.165, 1.54) is 6.39 Å². The van der Waals surface area contributed by atoms with Gasteiger partial charge in [-0.05, 0) is 49.2 Å². The SMILES string of the molecule is CCOC(=O)CC1c2cc(-c3ccc4ocnc4c3)ccc2OC(=N)C1C(=O)OCC. The normalized spacial score (nSPS) is 17.7. The second-order valence-corrected chi connectivity index (χ2v) is 7.10. The zero-order valence-electron chi connectivity index (χ0n) is 17.2. The van der Waals surface area contributed by atoms with Gasteiger partial charge in [-0.15, -0.1) is 0 Å². The van der Waals surface area contributed by atoms with Crippen LogP contribution >= 0.6 is 0 Å². The molecule has 0 bridgehead atoms. The largest absolute Gasteiger partial charge is 0.466 e. The molecule has 8 heteroatoms. The Balaban J connectivity index is 1.77. The van der Waals surface area contributed by atoms with Crippen LogP contribution in [-0.2, 0) is 19.1 Å². The topological polar surface area (TPSA) is 112 Å². The first kappa shape index (κ1) is 20.6. The molecule has 0 fully saturated rings. The van der Waals surface area contributed by atoms with Gasteiger partial charge in [-0.3, -0.25) is 15.0 Å². The Morgan fingerprint density at radius 1 is 1.06 bits per heavy atom. The molecular formula is C23H22N2O6. The molecule has 31 heavy (non-hydrogen) atoms. The van der Waals surface area contributed by atoms with Crippen LogP contribution in [0.4, 0.5) is 0 Å². The lowest BCUT2D eigenvalue weighted by Crippen LogP contribution is -2.39. The zero-order valence-corrected chi connectivity index (χ0v) is 17.2. The first-order valence-electron chi connectivity index (χ1n) is 10.1. The quantitative estimate of drug-likeness (QED) is 0.596. The standard InChI is InChI=1S/C23H22N2O6/c1-3-28-20(26)11-16-15-9-13(14-6-8-19-17(10-14)25-12-30-19)5-7-18(15)31-22(24)21(16)23(27)29-4-2/h5-10,12,16,21,24H,3-4,11H2,1-2H3. The monoisotopic (exact) mass is 422 g/mol. The zero-order chi connectivity index (χ0) is 22.0. The number of oxazole rings is 1. The summed E-state index contributed by atoms with van der Waals surface area (Å²) in [4.78, 5) is 29.1. The number of nitrogens with zero attached hydrogens (tertiary/aromatic N) is 1. The number of fused-ring (bicyclic) bond motifs is 2. The van der Waals surface area contributed by atoms with Crippen molar-refractivity contribution >= 4 is 28.9 Å². The van der Waals surface area contributed by atoms with E-state index < -0.39 is 23.8 Å². The van der Waals surface area contributed by atoms with E-state index in [1.807, 2.05) is 30.3 Å². The molecule has 8 nitrogen and oxygen atoms in total. The molecule has 1 aliphatic rings. The van der Waals surface area contributed by atoms with Crippen molar-refractivity contribution in [2.75, 3.05) is 13.2 Å². The summed E-state index contributed by atoms with van der Waals surface area (Å²) in [5.74, 6) is -2.50. The van der Waals surface area contributed by atoms with Crippen LogP contribution in [0.5, 0.6) is 5.75 Å². The lowest BCUT2D eigenvalue weighted by atomic mass is 9.80. The number of carbonyl (C=O) groups is 2. The highest BCUT2D eigenvalue weighted by molar-refractivity contribution is 6.00. The molecule has 0 saturated carbocycles. The summed E-state index contributed by atoms with van der Waals surface area (Å²) in [6.45, 7) is 3.81. The van der Waals surface area contributed by atoms with Crippen LogP contribution < -0.4 is 4.74 Å². The van der Waals surface area contributed by atoms with Crippen molar-refractivity contribution in [3.05, 3.63) is 48.4 Å². The Morgan fingerprint density at radius 2 is 1.81 bits per heavy atom. The predicted molar refractivity (Wildman–Crippen MR) is 112 cm³/mol.